The van der Waals surface area contributed by atoms with Gasteiger partial charge in [-0.25, -0.2) is 9.97 Å². The number of rotatable bonds is 1. The van der Waals surface area contributed by atoms with Gasteiger partial charge in [0.1, 0.15) is 11.2 Å². The van der Waals surface area contributed by atoms with E-state index in [9.17, 15) is 4.79 Å². The van der Waals surface area contributed by atoms with E-state index in [1.165, 1.54) is 0 Å². The number of carbonyl (C=O) groups is 1. The summed E-state index contributed by atoms with van der Waals surface area (Å²) in [5.74, 6) is 1.32. The lowest BCUT2D eigenvalue weighted by Gasteiger charge is -2.47. The van der Waals surface area contributed by atoms with E-state index in [-0.39, 0.29) is 5.91 Å². The molecule has 2 aromatic heterocycles. The predicted octanol–water partition coefficient (Wildman–Crippen LogP) is 2.17. The monoisotopic (exact) mass is 335 g/mol. The van der Waals surface area contributed by atoms with Crippen molar-refractivity contribution < 1.29 is 9.53 Å². The molecule has 3 aromatic rings. The van der Waals surface area contributed by atoms with Crippen molar-refractivity contribution in [3.05, 3.63) is 36.7 Å². The zero-order valence-corrected chi connectivity index (χ0v) is 13.7. The minimum absolute atomic E-state index is 0.0798. The Balaban J connectivity index is 1.68. The molecule has 25 heavy (non-hydrogen) atoms. The Morgan fingerprint density at radius 1 is 1.32 bits per heavy atom. The highest BCUT2D eigenvalue weighted by Crippen LogP contribution is 2.38. The highest BCUT2D eigenvalue weighted by atomic mass is 16.5. The molecule has 4 heterocycles. The van der Waals surface area contributed by atoms with Gasteiger partial charge in [-0.15, -0.1) is 0 Å². The Hall–Kier alpha value is -2.93. The molecule has 1 atom stereocenters. The number of aromatic amines is 1. The van der Waals surface area contributed by atoms with E-state index in [1.54, 1.807) is 6.20 Å². The van der Waals surface area contributed by atoms with Gasteiger partial charge in [0.2, 0.25) is 0 Å². The predicted molar refractivity (Wildman–Crippen MR) is 94.5 cm³/mol. The van der Waals surface area contributed by atoms with E-state index in [2.05, 4.69) is 15.3 Å². The van der Waals surface area contributed by atoms with Crippen LogP contribution in [0.4, 0.5) is 11.5 Å². The van der Waals surface area contributed by atoms with E-state index in [0.29, 0.717) is 31.3 Å². The summed E-state index contributed by atoms with van der Waals surface area (Å²) in [5.41, 5.74) is 1.92. The lowest BCUT2D eigenvalue weighted by molar-refractivity contribution is -0.124. The van der Waals surface area contributed by atoms with Crippen molar-refractivity contribution in [2.75, 3.05) is 30.0 Å². The highest BCUT2D eigenvalue weighted by Gasteiger charge is 2.47. The zero-order valence-electron chi connectivity index (χ0n) is 13.7. The number of benzene rings is 1. The molecule has 1 amide bonds. The van der Waals surface area contributed by atoms with Crippen molar-refractivity contribution in [3.8, 4) is 11.4 Å². The van der Waals surface area contributed by atoms with E-state index in [0.717, 1.165) is 22.3 Å². The molecule has 1 aromatic carbocycles. The normalized spacial score (nSPS) is 22.4. The standard InChI is InChI=1S/C18H17N5O2/c1-18-10-25-8-7-23(18)16-14(21-17(18)24)9-20-15(22-16)12-3-2-4-13-11(12)5-6-19-13/h2-6,9,19H,7-8,10H2,1H3,(H,21,24). The summed E-state index contributed by atoms with van der Waals surface area (Å²) in [4.78, 5) is 27.1. The first kappa shape index (κ1) is 14.4. The lowest BCUT2D eigenvalue weighted by Crippen LogP contribution is -2.64. The van der Waals surface area contributed by atoms with Gasteiger partial charge in [0.15, 0.2) is 11.6 Å². The fourth-order valence-electron chi connectivity index (χ4n) is 3.61. The smallest absolute Gasteiger partial charge is 0.252 e. The molecule has 0 spiro atoms. The van der Waals surface area contributed by atoms with Gasteiger partial charge in [-0.1, -0.05) is 12.1 Å². The third-order valence-electron chi connectivity index (χ3n) is 5.04. The van der Waals surface area contributed by atoms with E-state index in [1.807, 2.05) is 42.3 Å². The van der Waals surface area contributed by atoms with Crippen molar-refractivity contribution in [1.82, 2.24) is 15.0 Å². The summed E-state index contributed by atoms with van der Waals surface area (Å²) in [6, 6.07) is 8.04. The number of aromatic nitrogens is 3. The molecule has 5 rings (SSSR count). The Kier molecular flexibility index (Phi) is 2.90. The van der Waals surface area contributed by atoms with Crippen molar-refractivity contribution >= 4 is 28.3 Å². The van der Waals surface area contributed by atoms with Gasteiger partial charge in [0, 0.05) is 29.2 Å². The second-order valence-electron chi connectivity index (χ2n) is 6.61. The minimum Gasteiger partial charge on any atom is -0.377 e. The second-order valence-corrected chi connectivity index (χ2v) is 6.61. The first-order chi connectivity index (χ1) is 12.2. The summed E-state index contributed by atoms with van der Waals surface area (Å²) in [6.45, 7) is 3.45. The summed E-state index contributed by atoms with van der Waals surface area (Å²) in [6.07, 6.45) is 3.60. The molecule has 7 heteroatoms. The lowest BCUT2D eigenvalue weighted by atomic mass is 9.95. The summed E-state index contributed by atoms with van der Waals surface area (Å²) in [7, 11) is 0. The fourth-order valence-corrected chi connectivity index (χ4v) is 3.61. The molecule has 126 valence electrons. The molecule has 7 nitrogen and oxygen atoms in total. The van der Waals surface area contributed by atoms with Crippen molar-refractivity contribution in [3.63, 3.8) is 0 Å². The molecule has 2 N–H and O–H groups in total. The number of H-pyrrole nitrogens is 1. The molecule has 2 aliphatic heterocycles. The summed E-state index contributed by atoms with van der Waals surface area (Å²) < 4.78 is 5.54. The van der Waals surface area contributed by atoms with Gasteiger partial charge in [0.25, 0.3) is 5.91 Å². The average Bonchev–Trinajstić information content (AvgIpc) is 3.11. The van der Waals surface area contributed by atoms with Crippen LogP contribution in [0.25, 0.3) is 22.3 Å². The van der Waals surface area contributed by atoms with Crippen LogP contribution in [-0.2, 0) is 9.53 Å². The van der Waals surface area contributed by atoms with Crippen LogP contribution in [0.15, 0.2) is 36.7 Å². The van der Waals surface area contributed by atoms with Gasteiger partial charge in [-0.05, 0) is 19.1 Å². The van der Waals surface area contributed by atoms with Crippen molar-refractivity contribution in [2.45, 2.75) is 12.5 Å². The number of nitrogens with one attached hydrogen (secondary N) is 2. The first-order valence-corrected chi connectivity index (χ1v) is 8.27. The minimum atomic E-state index is -0.739. The Morgan fingerprint density at radius 3 is 3.16 bits per heavy atom. The third kappa shape index (κ3) is 1.99. The van der Waals surface area contributed by atoms with Crippen LogP contribution in [0.1, 0.15) is 6.92 Å². The first-order valence-electron chi connectivity index (χ1n) is 8.27. The maximum atomic E-state index is 12.5. The molecule has 0 bridgehead atoms. The largest absolute Gasteiger partial charge is 0.377 e. The van der Waals surface area contributed by atoms with Crippen LogP contribution < -0.4 is 10.2 Å². The molecule has 0 radical (unpaired) electrons. The molecule has 2 aliphatic rings. The number of hydrogen-bond acceptors (Lipinski definition) is 5. The van der Waals surface area contributed by atoms with Gasteiger partial charge in [-0.3, -0.25) is 4.79 Å². The maximum Gasteiger partial charge on any atom is 0.252 e. The molecule has 1 saturated heterocycles. The molecule has 1 fully saturated rings. The van der Waals surface area contributed by atoms with Gasteiger partial charge >= 0.3 is 0 Å². The summed E-state index contributed by atoms with van der Waals surface area (Å²) in [5, 5.41) is 3.99. The Bertz CT molecular complexity index is 998. The number of nitrogens with zero attached hydrogens (tertiary/aromatic N) is 3. The van der Waals surface area contributed by atoms with Crippen LogP contribution in [0, 0.1) is 0 Å². The van der Waals surface area contributed by atoms with E-state index >= 15 is 0 Å². The third-order valence-corrected chi connectivity index (χ3v) is 5.04. The summed E-state index contributed by atoms with van der Waals surface area (Å²) >= 11 is 0. The van der Waals surface area contributed by atoms with E-state index < -0.39 is 5.54 Å². The Labute approximate surface area is 144 Å². The van der Waals surface area contributed by atoms with Crippen molar-refractivity contribution in [2.24, 2.45) is 0 Å². The van der Waals surface area contributed by atoms with Gasteiger partial charge in [0.05, 0.1) is 19.4 Å². The van der Waals surface area contributed by atoms with Gasteiger partial charge in [-0.2, -0.15) is 0 Å². The fraction of sp³-hybridized carbons (Fsp3) is 0.278. The quantitative estimate of drug-likeness (QED) is 0.712. The number of carbonyl (C=O) groups excluding carboxylic acids is 1. The average molecular weight is 335 g/mol. The highest BCUT2D eigenvalue weighted by molar-refractivity contribution is 6.06. The number of ether oxygens (including phenoxy) is 1. The number of anilines is 2. The van der Waals surface area contributed by atoms with Crippen molar-refractivity contribution in [1.29, 1.82) is 0 Å². The maximum absolute atomic E-state index is 12.5. The molecule has 0 aliphatic carbocycles. The Morgan fingerprint density at radius 2 is 2.24 bits per heavy atom. The molecular weight excluding hydrogens is 318 g/mol. The second kappa shape index (κ2) is 5.03. The van der Waals surface area contributed by atoms with Crippen LogP contribution in [0.2, 0.25) is 0 Å². The van der Waals surface area contributed by atoms with Crippen LogP contribution in [-0.4, -0.2) is 46.2 Å². The molecular formula is C18H17N5O2. The molecule has 1 unspecified atom stereocenters. The topological polar surface area (TPSA) is 83.1 Å². The number of amides is 1. The van der Waals surface area contributed by atoms with Gasteiger partial charge < -0.3 is 19.9 Å². The number of hydrogen-bond donors (Lipinski definition) is 2. The SMILES string of the molecule is CC12COCCN1c1nc(-c3cccc4[nH]ccc34)ncc1NC2=O. The molecule has 0 saturated carbocycles. The zero-order chi connectivity index (χ0) is 17.0. The van der Waals surface area contributed by atoms with E-state index in [4.69, 9.17) is 9.72 Å². The number of morpholine rings is 1. The van der Waals surface area contributed by atoms with Crippen LogP contribution in [0.3, 0.4) is 0 Å². The van der Waals surface area contributed by atoms with Crippen LogP contribution in [0.5, 0.6) is 0 Å². The van der Waals surface area contributed by atoms with Crippen LogP contribution >= 0.6 is 0 Å². The number of fused-ring (bicyclic) bond motifs is 4.